The van der Waals surface area contributed by atoms with E-state index in [0.29, 0.717) is 6.42 Å². The molecule has 1 heterocycles. The number of piperazine rings is 1. The van der Waals surface area contributed by atoms with Gasteiger partial charge in [0.25, 0.3) is 0 Å². The highest BCUT2D eigenvalue weighted by Crippen LogP contribution is 2.03. The van der Waals surface area contributed by atoms with Gasteiger partial charge in [0.2, 0.25) is 5.91 Å². The van der Waals surface area contributed by atoms with Gasteiger partial charge in [0.15, 0.2) is 0 Å². The topological polar surface area (TPSA) is 49.9 Å². The number of hydrogen-bond acceptors (Lipinski definition) is 4. The monoisotopic (exact) mass is 228 g/mol. The highest BCUT2D eigenvalue weighted by Gasteiger charge is 2.20. The largest absolute Gasteiger partial charge is 0.375 e. The number of Topliss-reactive ketones (excluding diaryl/α,β-unsaturated/α-hetero) is 1. The lowest BCUT2D eigenvalue weighted by atomic mass is 10.2. The van der Waals surface area contributed by atoms with Crippen molar-refractivity contribution in [3.8, 4) is 0 Å². The molecule has 0 aromatic rings. The van der Waals surface area contributed by atoms with Crippen molar-refractivity contribution in [2.75, 3.05) is 46.4 Å². The number of amides is 1. The molecular weight excluding hydrogens is 208 g/mol. The van der Waals surface area contributed by atoms with Crippen molar-refractivity contribution in [1.82, 2.24) is 9.80 Å². The van der Waals surface area contributed by atoms with Crippen LogP contribution >= 0.6 is 0 Å². The first kappa shape index (κ1) is 13.1. The Kier molecular flexibility index (Phi) is 5.42. The van der Waals surface area contributed by atoms with E-state index in [1.165, 1.54) is 7.11 Å². The van der Waals surface area contributed by atoms with Crippen molar-refractivity contribution < 1.29 is 14.3 Å². The molecular formula is C11H20N2O3. The van der Waals surface area contributed by atoms with Gasteiger partial charge in [-0.2, -0.15) is 0 Å². The molecule has 0 spiro atoms. The number of methoxy groups -OCH3 is 1. The maximum Gasteiger partial charge on any atom is 0.248 e. The third kappa shape index (κ3) is 4.28. The van der Waals surface area contributed by atoms with E-state index in [1.807, 2.05) is 4.90 Å². The molecule has 1 amide bonds. The van der Waals surface area contributed by atoms with E-state index in [1.54, 1.807) is 6.92 Å². The first-order chi connectivity index (χ1) is 7.63. The van der Waals surface area contributed by atoms with Crippen LogP contribution in [0.2, 0.25) is 0 Å². The summed E-state index contributed by atoms with van der Waals surface area (Å²) in [5, 5.41) is 0. The van der Waals surface area contributed by atoms with Crippen LogP contribution in [0.4, 0.5) is 0 Å². The Morgan fingerprint density at radius 1 is 1.19 bits per heavy atom. The summed E-state index contributed by atoms with van der Waals surface area (Å²) in [6, 6.07) is 0. The second kappa shape index (κ2) is 6.60. The van der Waals surface area contributed by atoms with Gasteiger partial charge in [-0.1, -0.05) is 0 Å². The van der Waals surface area contributed by atoms with Crippen molar-refractivity contribution in [2.45, 2.75) is 13.3 Å². The fraction of sp³-hybridized carbons (Fsp3) is 0.818. The SMILES string of the molecule is COCC(=O)N1CCN(CCC(C)=O)CC1. The highest BCUT2D eigenvalue weighted by atomic mass is 16.5. The smallest absolute Gasteiger partial charge is 0.248 e. The van der Waals surface area contributed by atoms with Crippen LogP contribution < -0.4 is 0 Å². The Labute approximate surface area is 96.3 Å². The molecule has 5 heteroatoms. The zero-order valence-corrected chi connectivity index (χ0v) is 10.1. The van der Waals surface area contributed by atoms with E-state index in [-0.39, 0.29) is 18.3 Å². The van der Waals surface area contributed by atoms with Crippen LogP contribution in [-0.4, -0.2) is 67.9 Å². The molecule has 16 heavy (non-hydrogen) atoms. The number of ether oxygens (including phenoxy) is 1. The third-order valence-corrected chi connectivity index (χ3v) is 2.77. The zero-order chi connectivity index (χ0) is 12.0. The molecule has 1 rings (SSSR count). The summed E-state index contributed by atoms with van der Waals surface area (Å²) < 4.78 is 4.81. The number of nitrogens with zero attached hydrogens (tertiary/aromatic N) is 2. The Morgan fingerprint density at radius 2 is 1.81 bits per heavy atom. The van der Waals surface area contributed by atoms with E-state index in [4.69, 9.17) is 4.74 Å². The molecule has 1 saturated heterocycles. The van der Waals surface area contributed by atoms with E-state index in [2.05, 4.69) is 4.90 Å². The van der Waals surface area contributed by atoms with E-state index < -0.39 is 0 Å². The molecule has 0 atom stereocenters. The summed E-state index contributed by atoms with van der Waals surface area (Å²) in [5.41, 5.74) is 0. The molecule has 0 radical (unpaired) electrons. The van der Waals surface area contributed by atoms with Gasteiger partial charge in [0.05, 0.1) is 0 Å². The molecule has 1 fully saturated rings. The van der Waals surface area contributed by atoms with E-state index >= 15 is 0 Å². The van der Waals surface area contributed by atoms with Gasteiger partial charge in [-0.05, 0) is 6.92 Å². The molecule has 0 aromatic carbocycles. The molecule has 0 unspecified atom stereocenters. The molecule has 0 aromatic heterocycles. The summed E-state index contributed by atoms with van der Waals surface area (Å²) in [7, 11) is 1.53. The van der Waals surface area contributed by atoms with E-state index in [9.17, 15) is 9.59 Å². The lowest BCUT2D eigenvalue weighted by molar-refractivity contribution is -0.137. The fourth-order valence-corrected chi connectivity index (χ4v) is 1.75. The van der Waals surface area contributed by atoms with Crippen LogP contribution in [0.15, 0.2) is 0 Å². The summed E-state index contributed by atoms with van der Waals surface area (Å²) in [6.45, 7) is 5.75. The fourth-order valence-electron chi connectivity index (χ4n) is 1.75. The molecule has 92 valence electrons. The predicted molar refractivity (Wildman–Crippen MR) is 60.2 cm³/mol. The number of carbonyl (C=O) groups excluding carboxylic acids is 2. The second-order valence-corrected chi connectivity index (χ2v) is 4.11. The quantitative estimate of drug-likeness (QED) is 0.651. The number of rotatable bonds is 5. The minimum Gasteiger partial charge on any atom is -0.375 e. The van der Waals surface area contributed by atoms with Gasteiger partial charge in [-0.3, -0.25) is 14.5 Å². The van der Waals surface area contributed by atoms with Gasteiger partial charge in [-0.15, -0.1) is 0 Å². The standard InChI is InChI=1S/C11H20N2O3/c1-10(14)3-4-12-5-7-13(8-6-12)11(15)9-16-2/h3-9H2,1-2H3. The summed E-state index contributed by atoms with van der Waals surface area (Å²) in [5.74, 6) is 0.270. The normalized spacial score (nSPS) is 17.5. The van der Waals surface area contributed by atoms with Crippen molar-refractivity contribution in [1.29, 1.82) is 0 Å². The molecule has 5 nitrogen and oxygen atoms in total. The van der Waals surface area contributed by atoms with Crippen LogP contribution in [0.3, 0.4) is 0 Å². The highest BCUT2D eigenvalue weighted by molar-refractivity contribution is 5.77. The van der Waals surface area contributed by atoms with Crippen LogP contribution in [-0.2, 0) is 14.3 Å². The van der Waals surface area contributed by atoms with Gasteiger partial charge >= 0.3 is 0 Å². The van der Waals surface area contributed by atoms with Gasteiger partial charge in [0.1, 0.15) is 12.4 Å². The van der Waals surface area contributed by atoms with Crippen LogP contribution in [0.5, 0.6) is 0 Å². The molecule has 0 saturated carbocycles. The average molecular weight is 228 g/mol. The lowest BCUT2D eigenvalue weighted by Crippen LogP contribution is -2.49. The van der Waals surface area contributed by atoms with Gasteiger partial charge in [-0.25, -0.2) is 0 Å². The lowest BCUT2D eigenvalue weighted by Gasteiger charge is -2.34. The molecule has 0 N–H and O–H groups in total. The summed E-state index contributed by atoms with van der Waals surface area (Å²) in [6.07, 6.45) is 0.603. The Hall–Kier alpha value is -0.940. The summed E-state index contributed by atoms with van der Waals surface area (Å²) in [4.78, 5) is 26.4. The van der Waals surface area contributed by atoms with Crippen molar-refractivity contribution in [3.05, 3.63) is 0 Å². The molecule has 0 aliphatic carbocycles. The Morgan fingerprint density at radius 3 is 2.31 bits per heavy atom. The Balaban J connectivity index is 2.23. The molecule has 0 bridgehead atoms. The van der Waals surface area contributed by atoms with Crippen molar-refractivity contribution in [3.63, 3.8) is 0 Å². The maximum atomic E-state index is 11.5. The zero-order valence-electron chi connectivity index (χ0n) is 10.1. The van der Waals surface area contributed by atoms with E-state index in [0.717, 1.165) is 32.7 Å². The van der Waals surface area contributed by atoms with Gasteiger partial charge in [0, 0.05) is 46.3 Å². The first-order valence-electron chi connectivity index (χ1n) is 5.62. The minimum atomic E-state index is 0.0497. The van der Waals surface area contributed by atoms with Crippen LogP contribution in [0, 0.1) is 0 Å². The van der Waals surface area contributed by atoms with Crippen molar-refractivity contribution in [2.24, 2.45) is 0 Å². The second-order valence-electron chi connectivity index (χ2n) is 4.11. The molecule has 1 aliphatic rings. The predicted octanol–water partition coefficient (Wildman–Crippen LogP) is -0.244. The summed E-state index contributed by atoms with van der Waals surface area (Å²) >= 11 is 0. The third-order valence-electron chi connectivity index (χ3n) is 2.77. The number of ketones is 1. The first-order valence-corrected chi connectivity index (χ1v) is 5.62. The van der Waals surface area contributed by atoms with Crippen LogP contribution in [0.25, 0.3) is 0 Å². The number of hydrogen-bond donors (Lipinski definition) is 0. The maximum absolute atomic E-state index is 11.5. The Bertz CT molecular complexity index is 248. The van der Waals surface area contributed by atoms with Gasteiger partial charge < -0.3 is 9.64 Å². The minimum absolute atomic E-state index is 0.0497. The van der Waals surface area contributed by atoms with Crippen LogP contribution in [0.1, 0.15) is 13.3 Å². The molecule has 1 aliphatic heterocycles. The van der Waals surface area contributed by atoms with Crippen molar-refractivity contribution >= 4 is 11.7 Å². The average Bonchev–Trinajstić information content (AvgIpc) is 2.27. The number of carbonyl (C=O) groups is 2.